The van der Waals surface area contributed by atoms with Crippen LogP contribution >= 0.6 is 11.6 Å². The van der Waals surface area contributed by atoms with E-state index in [9.17, 15) is 18.0 Å². The summed E-state index contributed by atoms with van der Waals surface area (Å²) in [5, 5.41) is 3.38. The van der Waals surface area contributed by atoms with E-state index in [4.69, 9.17) is 11.6 Å². The molecule has 0 aromatic carbocycles. The minimum atomic E-state index is -4.58. The lowest BCUT2D eigenvalue weighted by molar-refractivity contribution is -0.137. The first-order chi connectivity index (χ1) is 10.3. The van der Waals surface area contributed by atoms with Crippen LogP contribution in [-0.4, -0.2) is 27.2 Å². The molecule has 1 aliphatic heterocycles. The Morgan fingerprint density at radius 2 is 2.05 bits per heavy atom. The molecule has 0 radical (unpaired) electrons. The van der Waals surface area contributed by atoms with Gasteiger partial charge in [0.1, 0.15) is 16.7 Å². The van der Waals surface area contributed by atoms with Crippen molar-refractivity contribution in [3.63, 3.8) is 0 Å². The van der Waals surface area contributed by atoms with E-state index >= 15 is 0 Å². The molecular weight excluding hydrogens is 321 g/mol. The third-order valence-corrected chi connectivity index (χ3v) is 3.70. The zero-order valence-electron chi connectivity index (χ0n) is 11.3. The molecule has 0 spiro atoms. The van der Waals surface area contributed by atoms with E-state index in [1.165, 1.54) is 11.1 Å². The summed E-state index contributed by atoms with van der Waals surface area (Å²) in [6, 6.07) is 3.40. The van der Waals surface area contributed by atoms with Gasteiger partial charge in [0.15, 0.2) is 0 Å². The Morgan fingerprint density at radius 3 is 2.68 bits per heavy atom. The van der Waals surface area contributed by atoms with E-state index in [-0.39, 0.29) is 24.3 Å². The van der Waals surface area contributed by atoms with Crippen LogP contribution in [0.25, 0.3) is 0 Å². The smallest absolute Gasteiger partial charge is 0.289 e. The number of hydrogen-bond donors (Lipinski definition) is 0. The molecule has 0 saturated carbocycles. The van der Waals surface area contributed by atoms with E-state index in [0.717, 1.165) is 12.1 Å². The highest BCUT2D eigenvalue weighted by atomic mass is 35.5. The first kappa shape index (κ1) is 14.8. The second-order valence-corrected chi connectivity index (χ2v) is 5.29. The lowest BCUT2D eigenvalue weighted by atomic mass is 10.2. The monoisotopic (exact) mass is 330 g/mol. The highest BCUT2D eigenvalue weighted by Gasteiger charge is 2.36. The van der Waals surface area contributed by atoms with Gasteiger partial charge in [0.25, 0.3) is 5.91 Å². The molecule has 5 nitrogen and oxygen atoms in total. The molecule has 0 aliphatic carbocycles. The minimum Gasteiger partial charge on any atom is -0.289 e. The molecule has 0 unspecified atom stereocenters. The van der Waals surface area contributed by atoms with Crippen molar-refractivity contribution < 1.29 is 18.0 Å². The van der Waals surface area contributed by atoms with Crippen LogP contribution in [-0.2, 0) is 6.18 Å². The fourth-order valence-electron chi connectivity index (χ4n) is 2.38. The van der Waals surface area contributed by atoms with Crippen LogP contribution in [0.1, 0.15) is 29.0 Å². The number of aromatic nitrogens is 3. The average Bonchev–Trinajstić information content (AvgIpc) is 2.91. The number of nitrogens with zero attached hydrogens (tertiary/aromatic N) is 4. The van der Waals surface area contributed by atoms with E-state index in [1.54, 1.807) is 10.7 Å². The lowest BCUT2D eigenvalue weighted by Gasteiger charge is -2.31. The van der Waals surface area contributed by atoms with Crippen molar-refractivity contribution in [2.75, 3.05) is 11.4 Å². The van der Waals surface area contributed by atoms with E-state index < -0.39 is 16.9 Å². The number of hydrogen-bond acceptors (Lipinski definition) is 3. The van der Waals surface area contributed by atoms with Gasteiger partial charge >= 0.3 is 6.18 Å². The summed E-state index contributed by atoms with van der Waals surface area (Å²) in [7, 11) is 0. The molecule has 22 heavy (non-hydrogen) atoms. The second-order valence-electron chi connectivity index (χ2n) is 4.93. The zero-order valence-corrected chi connectivity index (χ0v) is 12.1. The molecule has 1 aliphatic rings. The number of rotatable bonds is 1. The first-order valence-electron chi connectivity index (χ1n) is 6.38. The maximum Gasteiger partial charge on any atom is 0.419 e. The Kier molecular flexibility index (Phi) is 3.36. The summed E-state index contributed by atoms with van der Waals surface area (Å²) in [6.45, 7) is 2.10. The number of amides is 1. The Hall–Kier alpha value is -2.09. The van der Waals surface area contributed by atoms with Crippen molar-refractivity contribution in [3.8, 4) is 0 Å². The van der Waals surface area contributed by atoms with Crippen molar-refractivity contribution >= 4 is 23.3 Å². The summed E-state index contributed by atoms with van der Waals surface area (Å²) in [6.07, 6.45) is -3.08. The number of carbonyl (C=O) groups excluding carboxylic acids is 1. The van der Waals surface area contributed by atoms with Crippen LogP contribution in [0.4, 0.5) is 19.0 Å². The zero-order chi connectivity index (χ0) is 16.1. The molecule has 0 fully saturated rings. The molecule has 3 rings (SSSR count). The minimum absolute atomic E-state index is 0.0855. The molecule has 1 atom stereocenters. The van der Waals surface area contributed by atoms with E-state index in [0.29, 0.717) is 5.69 Å². The fourth-order valence-corrected chi connectivity index (χ4v) is 2.64. The SMILES string of the molecule is C[C@H]1CN(c2ccc(C(F)(F)F)c(Cl)n2)C(=O)c2ccnn21. The van der Waals surface area contributed by atoms with Gasteiger partial charge < -0.3 is 0 Å². The van der Waals surface area contributed by atoms with Crippen molar-refractivity contribution in [3.05, 3.63) is 40.8 Å². The number of alkyl halides is 3. The van der Waals surface area contributed by atoms with Crippen LogP contribution in [0.3, 0.4) is 0 Å². The molecule has 9 heteroatoms. The summed E-state index contributed by atoms with van der Waals surface area (Å²) in [5.41, 5.74) is -0.669. The fraction of sp³-hybridized carbons (Fsp3) is 0.308. The molecular formula is C13H10ClF3N4O. The normalized spacial score (nSPS) is 18.5. The van der Waals surface area contributed by atoms with Gasteiger partial charge in [-0.15, -0.1) is 0 Å². The van der Waals surface area contributed by atoms with Crippen molar-refractivity contribution in [2.24, 2.45) is 0 Å². The number of pyridine rings is 1. The number of fused-ring (bicyclic) bond motifs is 1. The van der Waals surface area contributed by atoms with Crippen LogP contribution in [0.5, 0.6) is 0 Å². The molecule has 0 bridgehead atoms. The highest BCUT2D eigenvalue weighted by Crippen LogP contribution is 2.35. The van der Waals surface area contributed by atoms with Crippen molar-refractivity contribution in [1.82, 2.24) is 14.8 Å². The summed E-state index contributed by atoms with van der Waals surface area (Å²) < 4.78 is 39.7. The Balaban J connectivity index is 1.99. The molecule has 0 N–H and O–H groups in total. The van der Waals surface area contributed by atoms with Crippen LogP contribution in [0.2, 0.25) is 5.15 Å². The van der Waals surface area contributed by atoms with Crippen LogP contribution in [0, 0.1) is 0 Å². The first-order valence-corrected chi connectivity index (χ1v) is 6.76. The summed E-state index contributed by atoms with van der Waals surface area (Å²) in [5.74, 6) is -0.291. The van der Waals surface area contributed by atoms with Gasteiger partial charge in [-0.25, -0.2) is 4.98 Å². The maximum absolute atomic E-state index is 12.7. The van der Waals surface area contributed by atoms with Crippen molar-refractivity contribution in [1.29, 1.82) is 0 Å². The summed E-state index contributed by atoms with van der Waals surface area (Å²) >= 11 is 5.61. The third-order valence-electron chi connectivity index (χ3n) is 3.41. The van der Waals surface area contributed by atoms with Gasteiger partial charge in [0.05, 0.1) is 11.6 Å². The van der Waals surface area contributed by atoms with Gasteiger partial charge in [-0.2, -0.15) is 18.3 Å². The van der Waals surface area contributed by atoms with E-state index in [1.807, 2.05) is 6.92 Å². The van der Waals surface area contributed by atoms with Gasteiger partial charge in [0.2, 0.25) is 0 Å². The number of halogens is 4. The van der Waals surface area contributed by atoms with Gasteiger partial charge in [-0.1, -0.05) is 11.6 Å². The topological polar surface area (TPSA) is 51.0 Å². The van der Waals surface area contributed by atoms with Gasteiger partial charge in [0, 0.05) is 12.7 Å². The molecule has 1 amide bonds. The predicted octanol–water partition coefficient (Wildman–Crippen LogP) is 3.17. The van der Waals surface area contributed by atoms with Gasteiger partial charge in [-0.05, 0) is 25.1 Å². The summed E-state index contributed by atoms with van der Waals surface area (Å²) in [4.78, 5) is 17.4. The molecule has 116 valence electrons. The average molecular weight is 331 g/mol. The third kappa shape index (κ3) is 2.33. The maximum atomic E-state index is 12.7. The predicted molar refractivity (Wildman–Crippen MR) is 72.9 cm³/mol. The Labute approximate surface area is 128 Å². The number of anilines is 1. The molecule has 2 aromatic rings. The van der Waals surface area contributed by atoms with Gasteiger partial charge in [-0.3, -0.25) is 14.4 Å². The molecule has 3 heterocycles. The standard InChI is InChI=1S/C13H10ClF3N4O/c1-7-6-20(12(22)9-4-5-18-21(7)9)10-3-2-8(11(14)19-10)13(15,16)17/h2-5,7H,6H2,1H3/t7-/m0/s1. The van der Waals surface area contributed by atoms with E-state index in [2.05, 4.69) is 10.1 Å². The van der Waals surface area contributed by atoms with Crippen LogP contribution in [0.15, 0.2) is 24.4 Å². The van der Waals surface area contributed by atoms with Crippen molar-refractivity contribution in [2.45, 2.75) is 19.1 Å². The highest BCUT2D eigenvalue weighted by molar-refractivity contribution is 6.30. The Bertz CT molecular complexity index is 743. The molecule has 0 saturated heterocycles. The Morgan fingerprint density at radius 1 is 1.32 bits per heavy atom. The quantitative estimate of drug-likeness (QED) is 0.755. The second kappa shape index (κ2) is 4.98. The van der Waals surface area contributed by atoms with Crippen LogP contribution < -0.4 is 4.90 Å². The largest absolute Gasteiger partial charge is 0.419 e. The lowest BCUT2D eigenvalue weighted by Crippen LogP contribution is -2.43. The molecule has 2 aromatic heterocycles. The number of carbonyl (C=O) groups is 1.